The summed E-state index contributed by atoms with van der Waals surface area (Å²) in [6.07, 6.45) is 5.59. The number of piperidine rings is 1. The molecule has 116 valence electrons. The van der Waals surface area contributed by atoms with Crippen LogP contribution >= 0.6 is 0 Å². The topological polar surface area (TPSA) is 42.3 Å². The fourth-order valence-electron chi connectivity index (χ4n) is 3.18. The maximum atomic E-state index is 9.30. The maximum absolute atomic E-state index is 9.30. The Morgan fingerprint density at radius 3 is 2.45 bits per heavy atom. The second-order valence-electron chi connectivity index (χ2n) is 6.45. The second-order valence-corrected chi connectivity index (χ2v) is 6.45. The minimum absolute atomic E-state index is 0.316. The monoisotopic (exact) mass is 280 g/mol. The Bertz CT molecular complexity index is 296. The molecule has 1 unspecified atom stereocenters. The van der Waals surface area contributed by atoms with Crippen molar-refractivity contribution in [1.82, 2.24) is 15.1 Å². The quantitative estimate of drug-likeness (QED) is 0.738. The lowest BCUT2D eigenvalue weighted by molar-refractivity contribution is 0.158. The number of likely N-dealkylation sites (tertiary alicyclic amines) is 1. The molecule has 1 aliphatic rings. The van der Waals surface area contributed by atoms with Crippen molar-refractivity contribution in [3.63, 3.8) is 0 Å². The van der Waals surface area contributed by atoms with Gasteiger partial charge < -0.3 is 15.1 Å². The first-order valence-electron chi connectivity index (χ1n) is 8.02. The fraction of sp³-hybridized carbons (Fsp3) is 0.938. The molecule has 0 radical (unpaired) electrons. The van der Waals surface area contributed by atoms with E-state index < -0.39 is 0 Å². The number of nitrogens with one attached hydrogen (secondary N) is 1. The fourth-order valence-corrected chi connectivity index (χ4v) is 3.18. The van der Waals surface area contributed by atoms with Crippen LogP contribution in [0.25, 0.3) is 0 Å². The minimum atomic E-state index is -0.316. The average Bonchev–Trinajstić information content (AvgIpc) is 2.45. The van der Waals surface area contributed by atoms with E-state index in [1.807, 2.05) is 7.05 Å². The van der Waals surface area contributed by atoms with Crippen LogP contribution in [0.3, 0.4) is 0 Å². The molecule has 0 saturated carbocycles. The van der Waals surface area contributed by atoms with Gasteiger partial charge in [-0.25, -0.2) is 0 Å². The Morgan fingerprint density at radius 2 is 2.00 bits per heavy atom. The smallest absolute Gasteiger partial charge is 0.106 e. The summed E-state index contributed by atoms with van der Waals surface area (Å²) in [6, 6.07) is 2.45. The summed E-state index contributed by atoms with van der Waals surface area (Å²) in [4.78, 5) is 4.87. The SMILES string of the molecule is CCC(C#N)(CCCN1CCC(CN(C)C)CC1)NC. The van der Waals surface area contributed by atoms with E-state index in [0.29, 0.717) is 0 Å². The second kappa shape index (κ2) is 8.61. The summed E-state index contributed by atoms with van der Waals surface area (Å²) in [7, 11) is 6.23. The highest BCUT2D eigenvalue weighted by molar-refractivity contribution is 5.05. The molecule has 0 spiro atoms. The summed E-state index contributed by atoms with van der Waals surface area (Å²) < 4.78 is 0. The van der Waals surface area contributed by atoms with Crippen LogP contribution in [0.1, 0.15) is 39.0 Å². The van der Waals surface area contributed by atoms with Crippen molar-refractivity contribution < 1.29 is 0 Å². The molecular formula is C16H32N4. The average molecular weight is 280 g/mol. The number of hydrogen-bond donors (Lipinski definition) is 1. The van der Waals surface area contributed by atoms with E-state index in [9.17, 15) is 5.26 Å². The molecule has 4 heteroatoms. The lowest BCUT2D eigenvalue weighted by Crippen LogP contribution is -2.42. The van der Waals surface area contributed by atoms with Crippen molar-refractivity contribution in [1.29, 1.82) is 5.26 Å². The number of hydrogen-bond acceptors (Lipinski definition) is 4. The molecule has 4 nitrogen and oxygen atoms in total. The predicted molar refractivity (Wildman–Crippen MR) is 84.6 cm³/mol. The Labute approximate surface area is 125 Å². The molecule has 1 atom stereocenters. The normalized spacial score (nSPS) is 20.8. The predicted octanol–water partition coefficient (Wildman–Crippen LogP) is 1.93. The maximum Gasteiger partial charge on any atom is 0.106 e. The highest BCUT2D eigenvalue weighted by atomic mass is 15.1. The molecular weight excluding hydrogens is 248 g/mol. The molecule has 0 aromatic carbocycles. The van der Waals surface area contributed by atoms with Crippen LogP contribution < -0.4 is 5.32 Å². The zero-order chi connectivity index (χ0) is 15.0. The third-order valence-corrected chi connectivity index (χ3v) is 4.70. The van der Waals surface area contributed by atoms with Gasteiger partial charge in [-0.3, -0.25) is 0 Å². The van der Waals surface area contributed by atoms with Gasteiger partial charge in [-0.05, 0) is 78.8 Å². The van der Waals surface area contributed by atoms with E-state index in [1.54, 1.807) is 0 Å². The molecule has 0 aromatic rings. The molecule has 1 heterocycles. The van der Waals surface area contributed by atoms with E-state index in [1.165, 1.54) is 32.5 Å². The minimum Gasteiger partial charge on any atom is -0.309 e. The molecule has 0 aliphatic carbocycles. The van der Waals surface area contributed by atoms with Crippen LogP contribution in [0.2, 0.25) is 0 Å². The van der Waals surface area contributed by atoms with E-state index in [0.717, 1.165) is 31.7 Å². The molecule has 1 fully saturated rings. The number of nitrogens with zero attached hydrogens (tertiary/aromatic N) is 3. The van der Waals surface area contributed by atoms with Crippen LogP contribution in [0, 0.1) is 17.2 Å². The van der Waals surface area contributed by atoms with Crippen LogP contribution in [0.5, 0.6) is 0 Å². The number of rotatable bonds is 8. The third kappa shape index (κ3) is 5.40. The Balaban J connectivity index is 2.23. The van der Waals surface area contributed by atoms with Crippen LogP contribution in [0.4, 0.5) is 0 Å². The largest absolute Gasteiger partial charge is 0.309 e. The Hall–Kier alpha value is -0.630. The lowest BCUT2D eigenvalue weighted by Gasteiger charge is -2.34. The summed E-state index contributed by atoms with van der Waals surface area (Å²) in [6.45, 7) is 6.90. The third-order valence-electron chi connectivity index (χ3n) is 4.70. The summed E-state index contributed by atoms with van der Waals surface area (Å²) in [5.74, 6) is 0.868. The van der Waals surface area contributed by atoms with E-state index in [-0.39, 0.29) is 5.54 Å². The van der Waals surface area contributed by atoms with Crippen LogP contribution in [-0.2, 0) is 0 Å². The Morgan fingerprint density at radius 1 is 1.35 bits per heavy atom. The van der Waals surface area contributed by atoms with Gasteiger partial charge in [0.2, 0.25) is 0 Å². The van der Waals surface area contributed by atoms with Gasteiger partial charge in [0.1, 0.15) is 5.54 Å². The van der Waals surface area contributed by atoms with E-state index in [2.05, 4.69) is 42.2 Å². The molecule has 1 saturated heterocycles. The standard InChI is InChI=1S/C16H32N4/c1-5-16(14-17,18-2)9-6-10-20-11-7-15(8-12-20)13-19(3)4/h15,18H,5-13H2,1-4H3. The lowest BCUT2D eigenvalue weighted by atomic mass is 9.91. The molecule has 1 aliphatic heterocycles. The summed E-state index contributed by atoms with van der Waals surface area (Å²) in [5, 5.41) is 12.5. The summed E-state index contributed by atoms with van der Waals surface area (Å²) in [5.41, 5.74) is -0.316. The van der Waals surface area contributed by atoms with Crippen molar-refractivity contribution in [3.8, 4) is 6.07 Å². The molecule has 1 rings (SSSR count). The summed E-state index contributed by atoms with van der Waals surface area (Å²) >= 11 is 0. The Kier molecular flexibility index (Phi) is 7.50. The highest BCUT2D eigenvalue weighted by Gasteiger charge is 2.26. The van der Waals surface area contributed by atoms with Crippen molar-refractivity contribution in [2.45, 2.75) is 44.6 Å². The van der Waals surface area contributed by atoms with E-state index >= 15 is 0 Å². The van der Waals surface area contributed by atoms with Gasteiger partial charge in [0.15, 0.2) is 0 Å². The zero-order valence-electron chi connectivity index (χ0n) is 13.8. The van der Waals surface area contributed by atoms with Gasteiger partial charge in [-0.2, -0.15) is 5.26 Å². The van der Waals surface area contributed by atoms with Gasteiger partial charge in [0, 0.05) is 6.54 Å². The van der Waals surface area contributed by atoms with Crippen LogP contribution in [0.15, 0.2) is 0 Å². The van der Waals surface area contributed by atoms with Crippen LogP contribution in [-0.4, -0.2) is 62.7 Å². The van der Waals surface area contributed by atoms with Crippen molar-refractivity contribution in [2.75, 3.05) is 47.3 Å². The molecule has 0 amide bonds. The van der Waals surface area contributed by atoms with Gasteiger partial charge in [-0.15, -0.1) is 0 Å². The molecule has 1 N–H and O–H groups in total. The van der Waals surface area contributed by atoms with Crippen molar-refractivity contribution in [2.24, 2.45) is 5.92 Å². The first-order valence-corrected chi connectivity index (χ1v) is 8.02. The van der Waals surface area contributed by atoms with Gasteiger partial charge >= 0.3 is 0 Å². The van der Waals surface area contributed by atoms with Crippen molar-refractivity contribution >= 4 is 0 Å². The molecule has 0 bridgehead atoms. The van der Waals surface area contributed by atoms with Gasteiger partial charge in [0.05, 0.1) is 6.07 Å². The zero-order valence-corrected chi connectivity index (χ0v) is 13.8. The van der Waals surface area contributed by atoms with Crippen molar-refractivity contribution in [3.05, 3.63) is 0 Å². The van der Waals surface area contributed by atoms with E-state index in [4.69, 9.17) is 0 Å². The van der Waals surface area contributed by atoms with Gasteiger partial charge in [-0.1, -0.05) is 6.92 Å². The molecule has 0 aromatic heterocycles. The molecule has 20 heavy (non-hydrogen) atoms. The first kappa shape index (κ1) is 17.4. The van der Waals surface area contributed by atoms with Gasteiger partial charge in [0.25, 0.3) is 0 Å². The first-order chi connectivity index (χ1) is 9.55. The number of nitriles is 1. The highest BCUT2D eigenvalue weighted by Crippen LogP contribution is 2.20.